The van der Waals surface area contributed by atoms with E-state index in [2.05, 4.69) is 19.2 Å². The lowest BCUT2D eigenvalue weighted by atomic mass is 9.97. The average molecular weight is 836 g/mol. The number of carbonyl (C=O) groups excluding carboxylic acids is 1. The van der Waals surface area contributed by atoms with Crippen molar-refractivity contribution in [2.75, 3.05) is 19.8 Å². The Hall–Kier alpha value is -1.01. The Morgan fingerprint density at radius 2 is 0.983 bits per heavy atom. The van der Waals surface area contributed by atoms with Gasteiger partial charge in [0.05, 0.1) is 32.0 Å². The Morgan fingerprint density at radius 3 is 1.47 bits per heavy atom. The molecule has 2 heterocycles. The molecule has 2 fully saturated rings. The summed E-state index contributed by atoms with van der Waals surface area (Å²) in [6.45, 7) is 2.79. The van der Waals surface area contributed by atoms with Gasteiger partial charge in [-0.15, -0.1) is 0 Å². The predicted octanol–water partition coefficient (Wildman–Crippen LogP) is 4.66. The van der Waals surface area contributed by atoms with Gasteiger partial charge in [0.2, 0.25) is 5.91 Å². The molecule has 0 radical (unpaired) electrons. The van der Waals surface area contributed by atoms with Crippen LogP contribution in [0.25, 0.3) is 0 Å². The van der Waals surface area contributed by atoms with Gasteiger partial charge >= 0.3 is 0 Å². The molecule has 12 unspecified atom stereocenters. The standard InChI is InChI=1S/C44H85NO13/c1-3-5-7-9-11-12-13-14-15-16-17-18-19-20-22-23-25-27-33(48)32(45-36(49)28-26-24-21-10-8-6-4-2)31-55-43-41(54)39(52)42(35(30-47)57-43)58-44-40(53)38(51)37(50)34(29-46)56-44/h32-35,37-44,46-48,50-54H,3-31H2,1-2H3,(H,45,49). The van der Waals surface area contributed by atoms with Gasteiger partial charge < -0.3 is 65.1 Å². The molecule has 58 heavy (non-hydrogen) atoms. The fourth-order valence-electron chi connectivity index (χ4n) is 7.94. The van der Waals surface area contributed by atoms with Crippen molar-refractivity contribution in [2.24, 2.45) is 0 Å². The number of hydrogen-bond acceptors (Lipinski definition) is 13. The van der Waals surface area contributed by atoms with Crippen molar-refractivity contribution in [2.45, 2.75) is 254 Å². The lowest BCUT2D eigenvalue weighted by Gasteiger charge is -2.46. The van der Waals surface area contributed by atoms with Crippen LogP contribution in [0.1, 0.15) is 181 Å². The Morgan fingerprint density at radius 1 is 0.552 bits per heavy atom. The summed E-state index contributed by atoms with van der Waals surface area (Å²) >= 11 is 0. The monoisotopic (exact) mass is 836 g/mol. The Kier molecular flexibility index (Phi) is 29.9. The van der Waals surface area contributed by atoms with E-state index < -0.39 is 86.8 Å². The van der Waals surface area contributed by atoms with E-state index in [9.17, 15) is 45.6 Å². The summed E-state index contributed by atoms with van der Waals surface area (Å²) in [7, 11) is 0. The molecule has 14 heteroatoms. The predicted molar refractivity (Wildman–Crippen MR) is 222 cm³/mol. The number of amides is 1. The van der Waals surface area contributed by atoms with Crippen molar-refractivity contribution >= 4 is 5.91 Å². The van der Waals surface area contributed by atoms with Crippen LogP contribution in [0.4, 0.5) is 0 Å². The highest BCUT2D eigenvalue weighted by molar-refractivity contribution is 5.76. The third-order valence-electron chi connectivity index (χ3n) is 11.8. The van der Waals surface area contributed by atoms with E-state index in [1.807, 2.05) is 0 Å². The molecule has 0 bridgehead atoms. The minimum absolute atomic E-state index is 0.213. The summed E-state index contributed by atoms with van der Waals surface area (Å²) in [5.41, 5.74) is 0. The number of nitrogens with one attached hydrogen (secondary N) is 1. The third-order valence-corrected chi connectivity index (χ3v) is 11.8. The smallest absolute Gasteiger partial charge is 0.220 e. The normalized spacial score (nSPS) is 28.7. The first-order valence-corrected chi connectivity index (χ1v) is 23.3. The second-order valence-corrected chi connectivity index (χ2v) is 16.9. The van der Waals surface area contributed by atoms with E-state index in [0.29, 0.717) is 12.8 Å². The maximum absolute atomic E-state index is 13.0. The lowest BCUT2D eigenvalue weighted by Crippen LogP contribution is -2.65. The molecule has 14 nitrogen and oxygen atoms in total. The van der Waals surface area contributed by atoms with E-state index in [-0.39, 0.29) is 12.5 Å². The summed E-state index contributed by atoms with van der Waals surface area (Å²) in [6.07, 6.45) is 12.8. The number of ether oxygens (including phenoxy) is 4. The van der Waals surface area contributed by atoms with Crippen LogP contribution in [0.5, 0.6) is 0 Å². The van der Waals surface area contributed by atoms with Crippen LogP contribution in [0, 0.1) is 0 Å². The Labute approximate surface area is 349 Å². The van der Waals surface area contributed by atoms with E-state index in [1.165, 1.54) is 103 Å². The molecule has 2 rings (SSSR count). The first kappa shape index (κ1) is 53.1. The molecular formula is C44H85NO13. The average Bonchev–Trinajstić information content (AvgIpc) is 3.22. The van der Waals surface area contributed by atoms with Crippen molar-refractivity contribution in [3.63, 3.8) is 0 Å². The zero-order valence-corrected chi connectivity index (χ0v) is 36.1. The molecule has 2 aliphatic rings. The molecule has 344 valence electrons. The minimum Gasteiger partial charge on any atom is -0.394 e. The van der Waals surface area contributed by atoms with E-state index in [0.717, 1.165) is 51.4 Å². The van der Waals surface area contributed by atoms with E-state index in [1.54, 1.807) is 0 Å². The van der Waals surface area contributed by atoms with Crippen LogP contribution in [-0.4, -0.2) is 140 Å². The summed E-state index contributed by atoms with van der Waals surface area (Å²) < 4.78 is 22.6. The van der Waals surface area contributed by atoms with Crippen LogP contribution in [0.15, 0.2) is 0 Å². The van der Waals surface area contributed by atoms with Crippen molar-refractivity contribution in [3.05, 3.63) is 0 Å². The number of unbranched alkanes of at least 4 members (excludes halogenated alkanes) is 22. The molecule has 0 aromatic rings. The summed E-state index contributed by atoms with van der Waals surface area (Å²) in [4.78, 5) is 13.0. The van der Waals surface area contributed by atoms with Crippen molar-refractivity contribution in [1.82, 2.24) is 5.32 Å². The molecule has 2 saturated heterocycles. The number of rotatable bonds is 35. The van der Waals surface area contributed by atoms with E-state index >= 15 is 0 Å². The molecule has 1 amide bonds. The number of aliphatic hydroxyl groups is 8. The van der Waals surface area contributed by atoms with Gasteiger partial charge in [0.25, 0.3) is 0 Å². The second kappa shape index (κ2) is 32.7. The first-order valence-electron chi connectivity index (χ1n) is 23.3. The number of aliphatic hydroxyl groups excluding tert-OH is 8. The Bertz CT molecular complexity index is 993. The zero-order valence-electron chi connectivity index (χ0n) is 36.1. The van der Waals surface area contributed by atoms with Gasteiger partial charge in [-0.1, -0.05) is 162 Å². The first-order chi connectivity index (χ1) is 28.1. The van der Waals surface area contributed by atoms with Crippen molar-refractivity contribution in [1.29, 1.82) is 0 Å². The van der Waals surface area contributed by atoms with Gasteiger partial charge in [0.1, 0.15) is 48.8 Å². The number of carbonyl (C=O) groups is 1. The van der Waals surface area contributed by atoms with Crippen LogP contribution in [0.3, 0.4) is 0 Å². The molecule has 0 aromatic heterocycles. The molecular weight excluding hydrogens is 750 g/mol. The molecule has 0 saturated carbocycles. The summed E-state index contributed by atoms with van der Waals surface area (Å²) in [5, 5.41) is 86.5. The van der Waals surface area contributed by atoms with Gasteiger partial charge in [-0.25, -0.2) is 0 Å². The van der Waals surface area contributed by atoms with Gasteiger partial charge in [-0.05, 0) is 12.8 Å². The maximum Gasteiger partial charge on any atom is 0.220 e. The SMILES string of the molecule is CCCCCCCCCCCCCCCCCCCC(O)C(COC1OC(CO)C(OC2OC(CO)C(O)C(O)C2O)C(O)C1O)NC(=O)CCCCCCCCC. The number of hydrogen-bond donors (Lipinski definition) is 9. The summed E-state index contributed by atoms with van der Waals surface area (Å²) in [6, 6.07) is -0.818. The molecule has 9 N–H and O–H groups in total. The van der Waals surface area contributed by atoms with Crippen LogP contribution in [0.2, 0.25) is 0 Å². The highest BCUT2D eigenvalue weighted by Crippen LogP contribution is 2.30. The van der Waals surface area contributed by atoms with Gasteiger partial charge in [-0.3, -0.25) is 4.79 Å². The highest BCUT2D eigenvalue weighted by Gasteiger charge is 2.51. The molecule has 12 atom stereocenters. The van der Waals surface area contributed by atoms with Crippen LogP contribution < -0.4 is 5.32 Å². The second-order valence-electron chi connectivity index (χ2n) is 16.9. The van der Waals surface area contributed by atoms with Gasteiger partial charge in [0, 0.05) is 6.42 Å². The van der Waals surface area contributed by atoms with Crippen LogP contribution >= 0.6 is 0 Å². The Balaban J connectivity index is 1.83. The molecule has 2 aliphatic heterocycles. The van der Waals surface area contributed by atoms with Gasteiger partial charge in [-0.2, -0.15) is 0 Å². The lowest BCUT2D eigenvalue weighted by molar-refractivity contribution is -0.359. The zero-order chi connectivity index (χ0) is 42.5. The molecule has 0 aliphatic carbocycles. The fourth-order valence-corrected chi connectivity index (χ4v) is 7.94. The van der Waals surface area contributed by atoms with E-state index in [4.69, 9.17) is 18.9 Å². The van der Waals surface area contributed by atoms with Crippen molar-refractivity contribution < 1.29 is 64.6 Å². The fraction of sp³-hybridized carbons (Fsp3) is 0.977. The maximum atomic E-state index is 13.0. The quantitative estimate of drug-likeness (QED) is 0.0397. The molecule has 0 aromatic carbocycles. The van der Waals surface area contributed by atoms with Gasteiger partial charge in [0.15, 0.2) is 12.6 Å². The molecule has 0 spiro atoms. The third kappa shape index (κ3) is 20.7. The largest absolute Gasteiger partial charge is 0.394 e. The summed E-state index contributed by atoms with van der Waals surface area (Å²) in [5.74, 6) is -0.213. The van der Waals surface area contributed by atoms with Crippen LogP contribution in [-0.2, 0) is 23.7 Å². The minimum atomic E-state index is -1.78. The highest BCUT2D eigenvalue weighted by atomic mass is 16.7. The van der Waals surface area contributed by atoms with Crippen molar-refractivity contribution in [3.8, 4) is 0 Å². The topological polar surface area (TPSA) is 228 Å².